The van der Waals surface area contributed by atoms with E-state index in [1.54, 1.807) is 14.0 Å². The molecule has 2 aromatic rings. The minimum absolute atomic E-state index is 0.00783. The Balaban J connectivity index is 1.62. The number of carbonyl (C=O) groups is 1. The quantitative estimate of drug-likeness (QED) is 0.463. The third-order valence-corrected chi connectivity index (χ3v) is 5.91. The molecular weight excluding hydrogens is 449 g/mol. The summed E-state index contributed by atoms with van der Waals surface area (Å²) in [6.45, 7) is 3.15. The average Bonchev–Trinajstić information content (AvgIpc) is 3.05. The van der Waals surface area contributed by atoms with Gasteiger partial charge < -0.3 is 19.0 Å². The van der Waals surface area contributed by atoms with Crippen LogP contribution in [0.15, 0.2) is 6.07 Å². The molecule has 0 bridgehead atoms. The lowest BCUT2D eigenvalue weighted by Gasteiger charge is -2.29. The molecule has 3 atom stereocenters. The number of hydrogen-bond donors (Lipinski definition) is 0. The van der Waals surface area contributed by atoms with Crippen LogP contribution < -0.4 is 9.47 Å². The van der Waals surface area contributed by atoms with Crippen LogP contribution in [-0.4, -0.2) is 47.2 Å². The summed E-state index contributed by atoms with van der Waals surface area (Å²) in [6.07, 6.45) is 1.10. The summed E-state index contributed by atoms with van der Waals surface area (Å²) in [7, 11) is 1.61. The minimum atomic E-state index is -2.71. The zero-order valence-corrected chi connectivity index (χ0v) is 19.1. The summed E-state index contributed by atoms with van der Waals surface area (Å²) in [5, 5.41) is -0.00783. The van der Waals surface area contributed by atoms with E-state index in [0.717, 1.165) is 31.7 Å². The normalized spacial score (nSPS) is 20.0. The molecule has 0 radical (unpaired) electrons. The Morgan fingerprint density at radius 3 is 2.78 bits per heavy atom. The molecule has 0 spiro atoms. The lowest BCUT2D eigenvalue weighted by Crippen LogP contribution is -2.34. The van der Waals surface area contributed by atoms with Gasteiger partial charge in [0.25, 0.3) is 12.4 Å². The molecule has 1 aromatic carbocycles. The van der Waals surface area contributed by atoms with Gasteiger partial charge in [-0.05, 0) is 38.5 Å². The lowest BCUT2D eigenvalue weighted by atomic mass is 9.95. The smallest absolute Gasteiger partial charge is 0.297 e. The first-order chi connectivity index (χ1) is 15.2. The molecule has 1 aliphatic heterocycles. The van der Waals surface area contributed by atoms with E-state index in [-0.39, 0.29) is 45.8 Å². The molecule has 178 valence electrons. The largest absolute Gasteiger partial charge is 0.486 e. The third kappa shape index (κ3) is 6.07. The highest BCUT2D eigenvalue weighted by molar-refractivity contribution is 6.36. The molecule has 32 heavy (non-hydrogen) atoms. The highest BCUT2D eigenvalue weighted by Gasteiger charge is 2.27. The highest BCUT2D eigenvalue weighted by Crippen LogP contribution is 2.37. The summed E-state index contributed by atoms with van der Waals surface area (Å²) in [5.41, 5.74) is 0.186. The van der Waals surface area contributed by atoms with Gasteiger partial charge in [0.1, 0.15) is 34.8 Å². The van der Waals surface area contributed by atoms with Gasteiger partial charge in [0.15, 0.2) is 5.82 Å². The summed E-state index contributed by atoms with van der Waals surface area (Å²) in [5.74, 6) is -0.380. The van der Waals surface area contributed by atoms with Crippen LogP contribution >= 0.6 is 11.6 Å². The second kappa shape index (κ2) is 10.7. The van der Waals surface area contributed by atoms with Crippen LogP contribution in [0.2, 0.25) is 5.02 Å². The van der Waals surface area contributed by atoms with E-state index in [1.807, 2.05) is 0 Å². The van der Waals surface area contributed by atoms with Crippen LogP contribution in [0.5, 0.6) is 11.8 Å². The number of hydrogen-bond acceptors (Lipinski definition) is 5. The molecule has 0 aliphatic carbocycles. The number of benzene rings is 1. The van der Waals surface area contributed by atoms with Crippen LogP contribution in [0.1, 0.15) is 46.0 Å². The molecule has 1 aromatic heterocycles. The Morgan fingerprint density at radius 2 is 2.16 bits per heavy atom. The van der Waals surface area contributed by atoms with Gasteiger partial charge in [0, 0.05) is 19.5 Å². The van der Waals surface area contributed by atoms with E-state index in [2.05, 4.69) is 11.9 Å². The molecule has 1 fully saturated rings. The first kappa shape index (κ1) is 24.6. The molecule has 6 nitrogen and oxygen atoms in total. The first-order valence-electron chi connectivity index (χ1n) is 10.7. The van der Waals surface area contributed by atoms with E-state index in [1.165, 1.54) is 4.57 Å². The number of aromatic nitrogens is 2. The Morgan fingerprint density at radius 1 is 1.41 bits per heavy atom. The molecule has 0 unspecified atom stereocenters. The van der Waals surface area contributed by atoms with Crippen molar-refractivity contribution in [3.63, 3.8) is 0 Å². The summed E-state index contributed by atoms with van der Waals surface area (Å²) < 4.78 is 57.7. The molecule has 3 rings (SSSR count). The van der Waals surface area contributed by atoms with Gasteiger partial charge in [0.05, 0.1) is 18.2 Å². The average molecular weight is 477 g/mol. The van der Waals surface area contributed by atoms with Crippen molar-refractivity contribution in [1.29, 1.82) is 0 Å². The maximum Gasteiger partial charge on any atom is 0.297 e. The number of nitrogens with zero attached hydrogens (tertiary/aromatic N) is 2. The highest BCUT2D eigenvalue weighted by atomic mass is 35.5. The van der Waals surface area contributed by atoms with Crippen molar-refractivity contribution < 1.29 is 32.2 Å². The predicted molar refractivity (Wildman–Crippen MR) is 114 cm³/mol. The van der Waals surface area contributed by atoms with Crippen molar-refractivity contribution in [1.82, 2.24) is 9.55 Å². The molecule has 0 amide bonds. The van der Waals surface area contributed by atoms with Crippen LogP contribution in [0.4, 0.5) is 13.2 Å². The second-order valence-electron chi connectivity index (χ2n) is 8.38. The van der Waals surface area contributed by atoms with Gasteiger partial charge in [-0.1, -0.05) is 18.5 Å². The van der Waals surface area contributed by atoms with Gasteiger partial charge >= 0.3 is 0 Å². The van der Waals surface area contributed by atoms with Crippen molar-refractivity contribution in [3.05, 3.63) is 16.9 Å². The van der Waals surface area contributed by atoms with Crippen LogP contribution in [-0.2, 0) is 16.6 Å². The van der Waals surface area contributed by atoms with Gasteiger partial charge in [-0.15, -0.1) is 0 Å². The van der Waals surface area contributed by atoms with Crippen LogP contribution in [0, 0.1) is 11.7 Å². The Labute approximate surface area is 190 Å². The Bertz CT molecular complexity index is 945. The molecule has 1 aliphatic rings. The fraction of sp³-hybridized carbons (Fsp3) is 0.636. The maximum absolute atomic E-state index is 14.5. The topological polar surface area (TPSA) is 62.6 Å². The number of ketones is 1. The van der Waals surface area contributed by atoms with Crippen LogP contribution in [0.25, 0.3) is 11.0 Å². The number of Topliss-reactive ketones (excluding diaryl/α,β-unsaturated/α-hetero) is 1. The van der Waals surface area contributed by atoms with Gasteiger partial charge in [-0.3, -0.25) is 4.57 Å². The minimum Gasteiger partial charge on any atom is -0.486 e. The zero-order valence-electron chi connectivity index (χ0n) is 18.4. The first-order valence-corrected chi connectivity index (χ1v) is 11.1. The van der Waals surface area contributed by atoms with Crippen molar-refractivity contribution in [2.24, 2.45) is 13.0 Å². The Hall–Kier alpha value is -2.00. The molecule has 2 heterocycles. The Kier molecular flexibility index (Phi) is 8.27. The number of imidazole rings is 1. The van der Waals surface area contributed by atoms with Gasteiger partial charge in [0.2, 0.25) is 0 Å². The van der Waals surface area contributed by atoms with Crippen molar-refractivity contribution in [2.75, 3.05) is 13.2 Å². The summed E-state index contributed by atoms with van der Waals surface area (Å²) >= 11 is 6.27. The molecule has 0 N–H and O–H groups in total. The summed E-state index contributed by atoms with van der Waals surface area (Å²) in [4.78, 5) is 15.4. The number of halogens is 4. The predicted octanol–water partition coefficient (Wildman–Crippen LogP) is 5.33. The number of carbonyl (C=O) groups excluding carboxylic acids is 1. The summed E-state index contributed by atoms with van der Waals surface area (Å²) in [6, 6.07) is 1.11. The fourth-order valence-electron chi connectivity index (χ4n) is 3.94. The SMILES string of the molecule is CC(=O)C[C@@H](C)CC[C@@H]1CC[C@@H](Oc2nc3c(F)cc(OCC(F)F)c(Cl)c3n2C)CO1. The fourth-order valence-corrected chi connectivity index (χ4v) is 4.26. The van der Waals surface area contributed by atoms with Crippen molar-refractivity contribution >= 4 is 28.4 Å². The molecule has 1 saturated heterocycles. The molecule has 10 heteroatoms. The van der Waals surface area contributed by atoms with E-state index >= 15 is 0 Å². The lowest BCUT2D eigenvalue weighted by molar-refractivity contribution is -0.117. The molecular formula is C22H28ClF3N2O4. The number of alkyl halides is 2. The zero-order chi connectivity index (χ0) is 23.4. The monoisotopic (exact) mass is 476 g/mol. The maximum atomic E-state index is 14.5. The van der Waals surface area contributed by atoms with E-state index in [4.69, 9.17) is 25.8 Å². The van der Waals surface area contributed by atoms with Crippen molar-refractivity contribution in [3.8, 4) is 11.8 Å². The van der Waals surface area contributed by atoms with E-state index < -0.39 is 18.8 Å². The van der Waals surface area contributed by atoms with Gasteiger partial charge in [-0.25, -0.2) is 13.2 Å². The standard InChI is InChI=1S/C22H28ClF3N2O4/c1-12(8-13(2)29)4-5-14-6-7-15(10-30-14)32-22-27-20-16(24)9-17(31-11-18(25)26)19(23)21(20)28(22)3/h9,12,14-15,18H,4-8,10-11H2,1-3H3/t12-,14+,15+/m0/s1. The number of ether oxygens (including phenoxy) is 3. The van der Waals surface area contributed by atoms with E-state index in [9.17, 15) is 18.0 Å². The van der Waals surface area contributed by atoms with E-state index in [0.29, 0.717) is 18.9 Å². The number of aryl methyl sites for hydroxylation is 1. The van der Waals surface area contributed by atoms with Crippen LogP contribution in [0.3, 0.4) is 0 Å². The number of rotatable bonds is 10. The van der Waals surface area contributed by atoms with Crippen molar-refractivity contribution in [2.45, 2.75) is 64.6 Å². The second-order valence-corrected chi connectivity index (χ2v) is 8.76. The molecule has 0 saturated carbocycles. The number of fused-ring (bicyclic) bond motifs is 1. The third-order valence-electron chi connectivity index (χ3n) is 5.55. The van der Waals surface area contributed by atoms with Gasteiger partial charge in [-0.2, -0.15) is 4.98 Å².